The first-order valence-electron chi connectivity index (χ1n) is 4.28. The first kappa shape index (κ1) is 11.0. The minimum Gasteiger partial charge on any atom is -0.481 e. The highest BCUT2D eigenvalue weighted by molar-refractivity contribution is 5.81. The van der Waals surface area contributed by atoms with E-state index in [4.69, 9.17) is 10.5 Å². The Bertz CT molecular complexity index is 375. The van der Waals surface area contributed by atoms with Crippen molar-refractivity contribution in [2.45, 2.75) is 0 Å². The number of ether oxygens (including phenoxy) is 1. The van der Waals surface area contributed by atoms with Crippen LogP contribution in [-0.2, 0) is 0 Å². The van der Waals surface area contributed by atoms with Crippen LogP contribution < -0.4 is 15.8 Å². The highest BCUT2D eigenvalue weighted by Crippen LogP contribution is 2.08. The summed E-state index contributed by atoms with van der Waals surface area (Å²) >= 11 is 0. The van der Waals surface area contributed by atoms with E-state index in [-0.39, 0.29) is 0 Å². The number of hydrogen-bond donors (Lipinski definition) is 2. The van der Waals surface area contributed by atoms with E-state index in [1.807, 2.05) is 0 Å². The van der Waals surface area contributed by atoms with Crippen molar-refractivity contribution in [3.05, 3.63) is 24.2 Å². The van der Waals surface area contributed by atoms with Crippen LogP contribution in [0.15, 0.2) is 29.2 Å². The van der Waals surface area contributed by atoms with Gasteiger partial charge in [0.2, 0.25) is 11.8 Å². The molecule has 0 fully saturated rings. The van der Waals surface area contributed by atoms with E-state index >= 15 is 0 Å². The fourth-order valence-corrected chi connectivity index (χ4v) is 0.901. The summed E-state index contributed by atoms with van der Waals surface area (Å²) in [6.07, 6.45) is 4.55. The van der Waals surface area contributed by atoms with Gasteiger partial charge in [-0.15, -0.1) is 0 Å². The van der Waals surface area contributed by atoms with Crippen LogP contribution in [-0.4, -0.2) is 30.3 Å². The molecule has 6 heteroatoms. The fraction of sp³-hybridized carbons (Fsp3) is 0.222. The molecule has 0 saturated carbocycles. The maximum atomic E-state index is 5.37. The monoisotopic (exact) mass is 207 g/mol. The smallest absolute Gasteiger partial charge is 0.230 e. The van der Waals surface area contributed by atoms with Crippen LogP contribution in [0.4, 0.5) is 5.95 Å². The molecule has 3 N–H and O–H groups in total. The molecule has 1 heterocycles. The molecule has 0 aliphatic carbocycles. The Balaban J connectivity index is 2.79. The molecule has 1 rings (SSSR count). The summed E-state index contributed by atoms with van der Waals surface area (Å²) in [7, 11) is 3.19. The molecular weight excluding hydrogens is 194 g/mol. The molecule has 0 spiro atoms. The molecule has 1 aromatic rings. The molecule has 0 bridgehead atoms. The lowest BCUT2D eigenvalue weighted by Crippen LogP contribution is -2.07. The molecule has 0 saturated heterocycles. The first-order valence-corrected chi connectivity index (χ1v) is 4.28. The summed E-state index contributed by atoms with van der Waals surface area (Å²) in [4.78, 5) is 11.9. The Kier molecular flexibility index (Phi) is 4.08. The first-order chi connectivity index (χ1) is 7.30. The second-order valence-electron chi connectivity index (χ2n) is 2.56. The predicted molar refractivity (Wildman–Crippen MR) is 58.9 cm³/mol. The number of hydrogen-bond acceptors (Lipinski definition) is 6. The van der Waals surface area contributed by atoms with Crippen molar-refractivity contribution in [1.82, 2.24) is 9.97 Å². The Morgan fingerprint density at radius 1 is 1.67 bits per heavy atom. The molecular formula is C9H13N5O. The normalized spacial score (nSPS) is 11.7. The Hall–Kier alpha value is -2.11. The minimum absolute atomic E-state index is 0.408. The van der Waals surface area contributed by atoms with Gasteiger partial charge >= 0.3 is 0 Å². The van der Waals surface area contributed by atoms with Gasteiger partial charge in [0, 0.05) is 31.7 Å². The van der Waals surface area contributed by atoms with Crippen LogP contribution in [0.25, 0.3) is 0 Å². The van der Waals surface area contributed by atoms with Crippen molar-refractivity contribution in [1.29, 1.82) is 0 Å². The summed E-state index contributed by atoms with van der Waals surface area (Å²) in [6, 6.07) is 1.66. The number of anilines is 1. The number of nitrogens with zero attached hydrogens (tertiary/aromatic N) is 3. The van der Waals surface area contributed by atoms with Crippen molar-refractivity contribution in [3.8, 4) is 5.88 Å². The fourth-order valence-electron chi connectivity index (χ4n) is 0.901. The molecule has 0 aliphatic rings. The molecule has 15 heavy (non-hydrogen) atoms. The lowest BCUT2D eigenvalue weighted by atomic mass is 10.5. The minimum atomic E-state index is 0.408. The third-order valence-corrected chi connectivity index (χ3v) is 1.54. The summed E-state index contributed by atoms with van der Waals surface area (Å²) in [5.74, 6) is 0.892. The van der Waals surface area contributed by atoms with Crippen molar-refractivity contribution >= 4 is 12.2 Å². The van der Waals surface area contributed by atoms with E-state index in [0.29, 0.717) is 17.5 Å². The standard InChI is InChI=1S/C9H13N5O/c1-11-6-7(5-10)13-9-12-4-3-8(14-9)15-2/h3-6H,10H2,1-2H3,(H,12,13,14)/b7-5+,11-6?. The van der Waals surface area contributed by atoms with Gasteiger partial charge in [0.15, 0.2) is 0 Å². The van der Waals surface area contributed by atoms with E-state index in [0.717, 1.165) is 0 Å². The van der Waals surface area contributed by atoms with Crippen LogP contribution in [0, 0.1) is 0 Å². The number of nitrogens with two attached hydrogens (primary N) is 1. The number of rotatable bonds is 4. The van der Waals surface area contributed by atoms with E-state index < -0.39 is 0 Å². The number of allylic oxidation sites excluding steroid dienone is 1. The molecule has 0 amide bonds. The zero-order chi connectivity index (χ0) is 11.1. The van der Waals surface area contributed by atoms with Gasteiger partial charge in [-0.25, -0.2) is 4.98 Å². The van der Waals surface area contributed by atoms with Gasteiger partial charge in [0.05, 0.1) is 12.8 Å². The molecule has 0 aromatic carbocycles. The zero-order valence-corrected chi connectivity index (χ0v) is 8.64. The molecule has 0 atom stereocenters. The van der Waals surface area contributed by atoms with Crippen LogP contribution in [0.5, 0.6) is 5.88 Å². The number of aromatic nitrogens is 2. The van der Waals surface area contributed by atoms with Gasteiger partial charge in [0.25, 0.3) is 0 Å². The summed E-state index contributed by atoms with van der Waals surface area (Å²) in [5, 5.41) is 2.89. The molecule has 0 unspecified atom stereocenters. The topological polar surface area (TPSA) is 85.4 Å². The van der Waals surface area contributed by atoms with Gasteiger partial charge < -0.3 is 15.8 Å². The quantitative estimate of drug-likeness (QED) is 0.698. The van der Waals surface area contributed by atoms with Crippen LogP contribution in [0.1, 0.15) is 0 Å². The van der Waals surface area contributed by atoms with E-state index in [2.05, 4.69) is 20.3 Å². The van der Waals surface area contributed by atoms with Crippen molar-refractivity contribution in [3.63, 3.8) is 0 Å². The summed E-state index contributed by atoms with van der Waals surface area (Å²) in [6.45, 7) is 0. The summed E-state index contributed by atoms with van der Waals surface area (Å²) in [5.41, 5.74) is 5.99. The molecule has 80 valence electrons. The van der Waals surface area contributed by atoms with Crippen molar-refractivity contribution in [2.24, 2.45) is 10.7 Å². The largest absolute Gasteiger partial charge is 0.481 e. The molecule has 1 aromatic heterocycles. The second kappa shape index (κ2) is 5.58. The maximum absolute atomic E-state index is 5.37. The van der Waals surface area contributed by atoms with Gasteiger partial charge in [-0.1, -0.05) is 0 Å². The highest BCUT2D eigenvalue weighted by atomic mass is 16.5. The average molecular weight is 207 g/mol. The van der Waals surface area contributed by atoms with Crippen LogP contribution in [0.2, 0.25) is 0 Å². The SMILES string of the molecule is CN=C/C(=C\N)Nc1nccc(OC)n1. The summed E-state index contributed by atoms with van der Waals surface area (Å²) < 4.78 is 4.95. The Labute approximate surface area is 87.9 Å². The maximum Gasteiger partial charge on any atom is 0.230 e. The Morgan fingerprint density at radius 3 is 3.07 bits per heavy atom. The average Bonchev–Trinajstić information content (AvgIpc) is 2.29. The van der Waals surface area contributed by atoms with Crippen LogP contribution >= 0.6 is 0 Å². The van der Waals surface area contributed by atoms with Crippen LogP contribution in [0.3, 0.4) is 0 Å². The van der Waals surface area contributed by atoms with Gasteiger partial charge in [-0.2, -0.15) is 4.98 Å². The Morgan fingerprint density at radius 2 is 2.47 bits per heavy atom. The number of methoxy groups -OCH3 is 1. The van der Waals surface area contributed by atoms with E-state index in [9.17, 15) is 0 Å². The molecule has 6 nitrogen and oxygen atoms in total. The number of nitrogens with one attached hydrogen (secondary N) is 1. The van der Waals surface area contributed by atoms with E-state index in [1.54, 1.807) is 32.6 Å². The lowest BCUT2D eigenvalue weighted by Gasteiger charge is -2.04. The predicted octanol–water partition coefficient (Wildman–Crippen LogP) is 0.398. The van der Waals surface area contributed by atoms with Gasteiger partial charge in [-0.05, 0) is 0 Å². The van der Waals surface area contributed by atoms with Gasteiger partial charge in [0.1, 0.15) is 0 Å². The van der Waals surface area contributed by atoms with E-state index in [1.165, 1.54) is 6.20 Å². The lowest BCUT2D eigenvalue weighted by molar-refractivity contribution is 0.397. The van der Waals surface area contributed by atoms with Gasteiger partial charge in [-0.3, -0.25) is 4.99 Å². The van der Waals surface area contributed by atoms with Crippen molar-refractivity contribution < 1.29 is 4.74 Å². The highest BCUT2D eigenvalue weighted by Gasteiger charge is 1.99. The third-order valence-electron chi connectivity index (χ3n) is 1.54. The molecule has 0 aliphatic heterocycles. The van der Waals surface area contributed by atoms with Crippen molar-refractivity contribution in [2.75, 3.05) is 19.5 Å². The third kappa shape index (κ3) is 3.26. The number of aliphatic imine (C=N–C) groups is 1. The second-order valence-corrected chi connectivity index (χ2v) is 2.56. The molecule has 0 radical (unpaired) electrons. The zero-order valence-electron chi connectivity index (χ0n) is 8.64.